The summed E-state index contributed by atoms with van der Waals surface area (Å²) in [7, 11) is 0. The molecule has 0 bridgehead atoms. The summed E-state index contributed by atoms with van der Waals surface area (Å²) in [5, 5.41) is 25.8. The van der Waals surface area contributed by atoms with Gasteiger partial charge in [-0.1, -0.05) is 12.8 Å². The molecule has 0 saturated carbocycles. The Morgan fingerprint density at radius 2 is 1.85 bits per heavy atom. The Morgan fingerprint density at radius 1 is 1.31 bits per heavy atom. The van der Waals surface area contributed by atoms with Gasteiger partial charge in [0.1, 0.15) is 6.04 Å². The minimum Gasteiger partial charge on any atom is -0.480 e. The maximum atomic E-state index is 10.3. The molecule has 5 heteroatoms. The van der Waals surface area contributed by atoms with Gasteiger partial charge in [0, 0.05) is 0 Å². The second kappa shape index (κ2) is 6.82. The highest BCUT2D eigenvalue weighted by molar-refractivity contribution is 5.72. The minimum atomic E-state index is -0.997. The van der Waals surface area contributed by atoms with Gasteiger partial charge in [0.25, 0.3) is 0 Å². The maximum Gasteiger partial charge on any atom is 0.320 e. The van der Waals surface area contributed by atoms with E-state index in [4.69, 9.17) is 21.1 Å². The number of unbranched alkanes of at least 4 members (excludes halogenated alkanes) is 1. The van der Waals surface area contributed by atoms with Gasteiger partial charge in [-0.25, -0.2) is 0 Å². The Kier molecular flexibility index (Phi) is 6.48. The molecule has 0 aliphatic carbocycles. The number of aliphatic carboxylic acids is 1. The van der Waals surface area contributed by atoms with E-state index in [0.717, 1.165) is 0 Å². The van der Waals surface area contributed by atoms with Crippen molar-refractivity contribution in [1.29, 1.82) is 0 Å². The van der Waals surface area contributed by atoms with Crippen molar-refractivity contribution < 1.29 is 20.1 Å². The van der Waals surface area contributed by atoms with E-state index in [0.29, 0.717) is 25.7 Å². The lowest BCUT2D eigenvalue weighted by atomic mass is 10.1. The van der Waals surface area contributed by atoms with Gasteiger partial charge < -0.3 is 21.1 Å². The van der Waals surface area contributed by atoms with Gasteiger partial charge in [0.15, 0.2) is 0 Å². The minimum absolute atomic E-state index is 0.245. The van der Waals surface area contributed by atoms with E-state index in [1.165, 1.54) is 0 Å². The molecule has 0 aliphatic rings. The Hall–Kier alpha value is -0.650. The van der Waals surface area contributed by atoms with E-state index in [9.17, 15) is 4.79 Å². The lowest BCUT2D eigenvalue weighted by molar-refractivity contribution is -0.138. The third-order valence-electron chi connectivity index (χ3n) is 1.83. The van der Waals surface area contributed by atoms with Gasteiger partial charge in [-0.15, -0.1) is 0 Å². The first-order valence-corrected chi connectivity index (χ1v) is 4.35. The molecule has 0 amide bonds. The monoisotopic (exact) mass is 191 g/mol. The molecule has 0 fully saturated rings. The lowest BCUT2D eigenvalue weighted by Gasteiger charge is -2.08. The molecule has 5 N–H and O–H groups in total. The second-order valence-electron chi connectivity index (χ2n) is 3.07. The second-order valence-corrected chi connectivity index (χ2v) is 3.07. The third-order valence-corrected chi connectivity index (χ3v) is 1.83. The number of hydrogen-bond acceptors (Lipinski definition) is 4. The van der Waals surface area contributed by atoms with Crippen molar-refractivity contribution in [1.82, 2.24) is 0 Å². The van der Waals surface area contributed by atoms with Crippen LogP contribution in [0.25, 0.3) is 0 Å². The van der Waals surface area contributed by atoms with Crippen LogP contribution >= 0.6 is 0 Å². The van der Waals surface area contributed by atoms with Crippen LogP contribution in [-0.2, 0) is 4.79 Å². The smallest absolute Gasteiger partial charge is 0.320 e. The molecule has 0 spiro atoms. The van der Waals surface area contributed by atoms with Crippen LogP contribution in [0.5, 0.6) is 0 Å². The zero-order valence-corrected chi connectivity index (χ0v) is 7.52. The van der Waals surface area contributed by atoms with Crippen LogP contribution in [0.3, 0.4) is 0 Å². The van der Waals surface area contributed by atoms with Crippen molar-refractivity contribution >= 4 is 5.97 Å². The van der Waals surface area contributed by atoms with Gasteiger partial charge in [0.05, 0.1) is 12.7 Å². The molecule has 0 rings (SSSR count). The summed E-state index contributed by atoms with van der Waals surface area (Å²) in [6.07, 6.45) is 1.55. The number of rotatable bonds is 7. The average molecular weight is 191 g/mol. The summed E-state index contributed by atoms with van der Waals surface area (Å²) in [5.74, 6) is -0.997. The van der Waals surface area contributed by atoms with Crippen molar-refractivity contribution in [3.8, 4) is 0 Å². The zero-order chi connectivity index (χ0) is 10.3. The van der Waals surface area contributed by atoms with Gasteiger partial charge in [-0.2, -0.15) is 0 Å². The average Bonchev–Trinajstić information content (AvgIpc) is 2.11. The van der Waals surface area contributed by atoms with Gasteiger partial charge >= 0.3 is 5.97 Å². The quantitative estimate of drug-likeness (QED) is 0.399. The van der Waals surface area contributed by atoms with Crippen LogP contribution in [0.15, 0.2) is 0 Å². The van der Waals surface area contributed by atoms with Crippen LogP contribution in [0.2, 0.25) is 0 Å². The molecule has 5 nitrogen and oxygen atoms in total. The van der Waals surface area contributed by atoms with Crippen molar-refractivity contribution in [3.63, 3.8) is 0 Å². The van der Waals surface area contributed by atoms with Gasteiger partial charge in [-0.05, 0) is 12.8 Å². The number of hydrogen-bond donors (Lipinski definition) is 4. The molecule has 0 saturated heterocycles. The molecule has 0 aromatic heterocycles. The number of aliphatic hydroxyl groups is 2. The number of carboxylic acids is 1. The van der Waals surface area contributed by atoms with E-state index in [-0.39, 0.29) is 6.61 Å². The molecule has 0 aromatic carbocycles. The summed E-state index contributed by atoms with van der Waals surface area (Å²) in [6.45, 7) is -0.245. The summed E-state index contributed by atoms with van der Waals surface area (Å²) < 4.78 is 0. The Balaban J connectivity index is 3.30. The summed E-state index contributed by atoms with van der Waals surface area (Å²) >= 11 is 0. The third kappa shape index (κ3) is 6.51. The van der Waals surface area contributed by atoms with Crippen LogP contribution < -0.4 is 5.73 Å². The van der Waals surface area contributed by atoms with Crippen LogP contribution in [0, 0.1) is 0 Å². The van der Waals surface area contributed by atoms with Crippen molar-refractivity contribution in [2.24, 2.45) is 5.73 Å². The number of carbonyl (C=O) groups is 1. The van der Waals surface area contributed by atoms with Gasteiger partial charge in [-0.3, -0.25) is 4.79 Å². The number of carboxylic acid groups (broad SMARTS) is 1. The first-order valence-electron chi connectivity index (χ1n) is 4.35. The molecular weight excluding hydrogens is 174 g/mol. The Bertz CT molecular complexity index is 151. The number of nitrogens with two attached hydrogens (primary N) is 1. The largest absolute Gasteiger partial charge is 0.480 e. The number of aliphatic hydroxyl groups excluding tert-OH is 2. The molecular formula is C8H17NO4. The summed E-state index contributed by atoms with van der Waals surface area (Å²) in [4.78, 5) is 10.3. The highest BCUT2D eigenvalue weighted by Gasteiger charge is 2.10. The first-order chi connectivity index (χ1) is 6.07. The van der Waals surface area contributed by atoms with Gasteiger partial charge in [0.2, 0.25) is 0 Å². The summed E-state index contributed by atoms with van der Waals surface area (Å²) in [6, 6.07) is -0.814. The predicted molar refractivity (Wildman–Crippen MR) is 47.2 cm³/mol. The molecule has 13 heavy (non-hydrogen) atoms. The van der Waals surface area contributed by atoms with E-state index in [1.54, 1.807) is 0 Å². The molecule has 78 valence electrons. The first kappa shape index (κ1) is 12.3. The van der Waals surface area contributed by atoms with Crippen molar-refractivity contribution in [2.45, 2.75) is 37.8 Å². The topological polar surface area (TPSA) is 104 Å². The Labute approximate surface area is 77.2 Å². The van der Waals surface area contributed by atoms with Crippen molar-refractivity contribution in [2.75, 3.05) is 6.61 Å². The van der Waals surface area contributed by atoms with Crippen LogP contribution in [0.4, 0.5) is 0 Å². The fraction of sp³-hybridized carbons (Fsp3) is 0.875. The summed E-state index contributed by atoms with van der Waals surface area (Å²) in [5.41, 5.74) is 5.25. The fourth-order valence-corrected chi connectivity index (χ4v) is 0.959. The van der Waals surface area contributed by atoms with E-state index < -0.39 is 18.1 Å². The molecule has 2 atom stereocenters. The maximum absolute atomic E-state index is 10.3. The standard InChI is InChI=1S/C8H17NO4/c9-7(8(12)13)4-2-1-3-6(11)5-10/h6-7,10-11H,1-5,9H2,(H,12,13)/t6-,7-/m1/s1. The molecule has 0 heterocycles. The molecule has 0 aromatic rings. The predicted octanol–water partition coefficient (Wildman–Crippen LogP) is -0.688. The molecule has 0 radical (unpaired) electrons. The van der Waals surface area contributed by atoms with E-state index in [1.807, 2.05) is 0 Å². The Morgan fingerprint density at radius 3 is 2.31 bits per heavy atom. The molecule has 0 aliphatic heterocycles. The zero-order valence-electron chi connectivity index (χ0n) is 7.52. The van der Waals surface area contributed by atoms with E-state index >= 15 is 0 Å². The van der Waals surface area contributed by atoms with E-state index in [2.05, 4.69) is 0 Å². The fourth-order valence-electron chi connectivity index (χ4n) is 0.959. The SMILES string of the molecule is N[C@H](CCCC[C@@H](O)CO)C(=O)O. The highest BCUT2D eigenvalue weighted by atomic mass is 16.4. The normalized spacial score (nSPS) is 15.3. The van der Waals surface area contributed by atoms with Crippen LogP contribution in [0.1, 0.15) is 25.7 Å². The highest BCUT2D eigenvalue weighted by Crippen LogP contribution is 2.05. The van der Waals surface area contributed by atoms with Crippen LogP contribution in [-0.4, -0.2) is 40.0 Å². The molecule has 0 unspecified atom stereocenters. The van der Waals surface area contributed by atoms with Crippen molar-refractivity contribution in [3.05, 3.63) is 0 Å². The lowest BCUT2D eigenvalue weighted by Crippen LogP contribution is -2.29.